The van der Waals surface area contributed by atoms with E-state index in [9.17, 15) is 9.59 Å². The minimum absolute atomic E-state index is 0.216. The Kier molecular flexibility index (Phi) is 6.98. The van der Waals surface area contributed by atoms with Crippen LogP contribution in [0.2, 0.25) is 0 Å². The molecule has 2 amide bonds. The number of nitrogens with zero attached hydrogens (tertiary/aromatic N) is 3. The number of ether oxygens (including phenoxy) is 2. The van der Waals surface area contributed by atoms with Crippen molar-refractivity contribution < 1.29 is 19.1 Å². The van der Waals surface area contributed by atoms with Crippen molar-refractivity contribution in [3.8, 4) is 5.75 Å². The topological polar surface area (TPSA) is 106 Å². The third kappa shape index (κ3) is 5.42. The molecule has 3 heterocycles. The van der Waals surface area contributed by atoms with Crippen molar-refractivity contribution in [3.63, 3.8) is 0 Å². The fourth-order valence-electron chi connectivity index (χ4n) is 2.98. The second kappa shape index (κ2) is 10.1. The van der Waals surface area contributed by atoms with E-state index < -0.39 is 11.8 Å². The molecule has 0 radical (unpaired) electrons. The number of carbonyl (C=O) groups excluding carboxylic acids is 2. The van der Waals surface area contributed by atoms with Crippen LogP contribution < -0.4 is 20.5 Å². The monoisotopic (exact) mass is 473 g/mol. The van der Waals surface area contributed by atoms with Crippen LogP contribution in [-0.2, 0) is 11.3 Å². The molecular formula is C21H23N5O4S2. The normalized spacial score (nSPS) is 13.6. The van der Waals surface area contributed by atoms with Gasteiger partial charge in [0.2, 0.25) is 0 Å². The van der Waals surface area contributed by atoms with Gasteiger partial charge in [0.25, 0.3) is 11.8 Å². The second-order valence-corrected chi connectivity index (χ2v) is 9.07. The molecule has 0 bridgehead atoms. The van der Waals surface area contributed by atoms with Gasteiger partial charge in [0.05, 0.1) is 18.9 Å². The van der Waals surface area contributed by atoms with Crippen LogP contribution in [-0.4, -0.2) is 48.1 Å². The summed E-state index contributed by atoms with van der Waals surface area (Å²) in [6.07, 6.45) is 0. The number of carbonyl (C=O) groups is 2. The van der Waals surface area contributed by atoms with Gasteiger partial charge < -0.3 is 14.4 Å². The number of morpholine rings is 1. The van der Waals surface area contributed by atoms with Crippen molar-refractivity contribution >= 4 is 39.6 Å². The Hall–Kier alpha value is -3.02. The predicted octanol–water partition coefficient (Wildman–Crippen LogP) is 2.71. The van der Waals surface area contributed by atoms with Crippen LogP contribution in [0.3, 0.4) is 0 Å². The van der Waals surface area contributed by atoms with E-state index in [1.165, 1.54) is 22.7 Å². The standard InChI is InChI=1S/C21H23N5O4S2/c1-13-3-5-15(6-4-13)30-11-17-23-16(12-31-17)19(27)24-25-20(28)18-14(2)22-21(32-18)26-7-9-29-10-8-26/h3-6,12H,7-11H2,1-2H3,(H,24,27)(H,25,28). The lowest BCUT2D eigenvalue weighted by Gasteiger charge is -2.25. The van der Waals surface area contributed by atoms with Gasteiger partial charge in [0.15, 0.2) is 5.13 Å². The number of anilines is 1. The average molecular weight is 474 g/mol. The SMILES string of the molecule is Cc1ccc(OCc2nc(C(=O)NNC(=O)c3sc(N4CCOCC4)nc3C)cs2)cc1. The Morgan fingerprint density at radius 1 is 1.09 bits per heavy atom. The van der Waals surface area contributed by atoms with E-state index in [1.54, 1.807) is 12.3 Å². The quantitative estimate of drug-likeness (QED) is 0.530. The van der Waals surface area contributed by atoms with Gasteiger partial charge in [-0.1, -0.05) is 29.0 Å². The molecule has 0 spiro atoms. The van der Waals surface area contributed by atoms with Crippen molar-refractivity contribution in [2.75, 3.05) is 31.2 Å². The highest BCUT2D eigenvalue weighted by atomic mass is 32.1. The van der Waals surface area contributed by atoms with Crippen molar-refractivity contribution in [2.45, 2.75) is 20.5 Å². The highest BCUT2D eigenvalue weighted by Crippen LogP contribution is 2.26. The van der Waals surface area contributed by atoms with Crippen molar-refractivity contribution in [1.82, 2.24) is 20.8 Å². The van der Waals surface area contributed by atoms with Crippen LogP contribution in [0.1, 0.15) is 36.4 Å². The van der Waals surface area contributed by atoms with Crippen LogP contribution in [0, 0.1) is 13.8 Å². The van der Waals surface area contributed by atoms with E-state index in [1.807, 2.05) is 31.2 Å². The van der Waals surface area contributed by atoms with Crippen LogP contribution in [0.5, 0.6) is 5.75 Å². The maximum absolute atomic E-state index is 12.5. The van der Waals surface area contributed by atoms with Crippen molar-refractivity contribution in [1.29, 1.82) is 0 Å². The Bertz CT molecular complexity index is 1090. The van der Waals surface area contributed by atoms with E-state index in [0.29, 0.717) is 28.8 Å². The summed E-state index contributed by atoms with van der Waals surface area (Å²) < 4.78 is 11.0. The minimum atomic E-state index is -0.494. The summed E-state index contributed by atoms with van der Waals surface area (Å²) in [4.78, 5) is 36.2. The maximum atomic E-state index is 12.5. The van der Waals surface area contributed by atoms with Crippen LogP contribution >= 0.6 is 22.7 Å². The molecule has 9 nitrogen and oxygen atoms in total. The predicted molar refractivity (Wildman–Crippen MR) is 122 cm³/mol. The molecule has 1 aliphatic heterocycles. The first-order valence-corrected chi connectivity index (χ1v) is 11.7. The third-order valence-corrected chi connectivity index (χ3v) is 6.77. The highest BCUT2D eigenvalue weighted by molar-refractivity contribution is 7.17. The molecular weight excluding hydrogens is 450 g/mol. The lowest BCUT2D eigenvalue weighted by atomic mass is 10.2. The molecule has 3 aromatic rings. The largest absolute Gasteiger partial charge is 0.486 e. The summed E-state index contributed by atoms with van der Waals surface area (Å²) in [7, 11) is 0. The van der Waals surface area contributed by atoms with Crippen LogP contribution in [0.25, 0.3) is 0 Å². The number of amides is 2. The van der Waals surface area contributed by atoms with E-state index >= 15 is 0 Å². The lowest BCUT2D eigenvalue weighted by Crippen LogP contribution is -2.41. The zero-order valence-corrected chi connectivity index (χ0v) is 19.3. The zero-order valence-electron chi connectivity index (χ0n) is 17.7. The number of aryl methyl sites for hydroxylation is 2. The third-order valence-electron chi connectivity index (χ3n) is 4.73. The molecule has 1 fully saturated rings. The molecule has 1 aromatic carbocycles. The summed E-state index contributed by atoms with van der Waals surface area (Å²) in [5.74, 6) is -0.168. The van der Waals surface area contributed by atoms with Gasteiger partial charge >= 0.3 is 0 Å². The second-order valence-electron chi connectivity index (χ2n) is 7.15. The Morgan fingerprint density at radius 2 is 1.81 bits per heavy atom. The summed E-state index contributed by atoms with van der Waals surface area (Å²) in [6.45, 7) is 6.81. The summed E-state index contributed by atoms with van der Waals surface area (Å²) in [5.41, 5.74) is 6.85. The van der Waals surface area contributed by atoms with E-state index in [4.69, 9.17) is 9.47 Å². The molecule has 0 saturated carbocycles. The molecule has 168 valence electrons. The number of benzene rings is 1. The Morgan fingerprint density at radius 3 is 2.56 bits per heavy atom. The molecule has 1 saturated heterocycles. The first-order chi connectivity index (χ1) is 15.5. The molecule has 11 heteroatoms. The van der Waals surface area contributed by atoms with Gasteiger partial charge in [-0.15, -0.1) is 11.3 Å². The van der Waals surface area contributed by atoms with Gasteiger partial charge in [-0.25, -0.2) is 9.97 Å². The fourth-order valence-corrected chi connectivity index (χ4v) is 4.68. The van der Waals surface area contributed by atoms with Gasteiger partial charge in [-0.3, -0.25) is 20.4 Å². The number of hydrogen-bond donors (Lipinski definition) is 2. The molecule has 4 rings (SSSR count). The number of aromatic nitrogens is 2. The fraction of sp³-hybridized carbons (Fsp3) is 0.333. The molecule has 0 aliphatic carbocycles. The van der Waals surface area contributed by atoms with Crippen LogP contribution in [0.4, 0.5) is 5.13 Å². The maximum Gasteiger partial charge on any atom is 0.289 e. The molecule has 2 N–H and O–H groups in total. The number of hydrazine groups is 1. The zero-order chi connectivity index (χ0) is 22.5. The molecule has 1 aliphatic rings. The summed E-state index contributed by atoms with van der Waals surface area (Å²) in [6, 6.07) is 7.71. The van der Waals surface area contributed by atoms with Crippen molar-refractivity contribution in [3.05, 3.63) is 56.5 Å². The van der Waals surface area contributed by atoms with Gasteiger partial charge in [-0.05, 0) is 26.0 Å². The van der Waals surface area contributed by atoms with Gasteiger partial charge in [0.1, 0.15) is 27.9 Å². The Balaban J connectivity index is 1.29. The first-order valence-electron chi connectivity index (χ1n) is 10.0. The van der Waals surface area contributed by atoms with E-state index in [-0.39, 0.29) is 12.3 Å². The molecule has 32 heavy (non-hydrogen) atoms. The van der Waals surface area contributed by atoms with Crippen LogP contribution in [0.15, 0.2) is 29.6 Å². The first kappa shape index (κ1) is 22.2. The van der Waals surface area contributed by atoms with Gasteiger partial charge in [0, 0.05) is 18.5 Å². The number of nitrogens with one attached hydrogen (secondary N) is 2. The van der Waals surface area contributed by atoms with Gasteiger partial charge in [-0.2, -0.15) is 0 Å². The van der Waals surface area contributed by atoms with Crippen molar-refractivity contribution in [2.24, 2.45) is 0 Å². The van der Waals surface area contributed by atoms with E-state index in [0.717, 1.165) is 29.5 Å². The lowest BCUT2D eigenvalue weighted by molar-refractivity contribution is 0.0846. The molecule has 0 unspecified atom stereocenters. The average Bonchev–Trinajstić information content (AvgIpc) is 3.44. The molecule has 0 atom stereocenters. The number of hydrogen-bond acceptors (Lipinski definition) is 9. The molecule has 2 aromatic heterocycles. The summed E-state index contributed by atoms with van der Waals surface area (Å²) >= 11 is 2.62. The highest BCUT2D eigenvalue weighted by Gasteiger charge is 2.21. The minimum Gasteiger partial charge on any atom is -0.486 e. The number of thiazole rings is 2. The van der Waals surface area contributed by atoms with E-state index in [2.05, 4.69) is 25.7 Å². The number of rotatable bonds is 6. The summed E-state index contributed by atoms with van der Waals surface area (Å²) in [5, 5.41) is 3.07. The Labute approximate surface area is 193 Å². The smallest absolute Gasteiger partial charge is 0.289 e.